The number of rotatable bonds is 3. The zero-order valence-electron chi connectivity index (χ0n) is 11.7. The lowest BCUT2D eigenvalue weighted by Gasteiger charge is -2.19. The number of carbonyl (C=O) groups is 2. The van der Waals surface area contributed by atoms with Gasteiger partial charge in [0.25, 0.3) is 0 Å². The van der Waals surface area contributed by atoms with Crippen LogP contribution in [0.25, 0.3) is 0 Å². The van der Waals surface area contributed by atoms with Crippen LogP contribution in [0.5, 0.6) is 0 Å². The molecule has 0 radical (unpaired) electrons. The minimum absolute atomic E-state index is 0.0892. The number of carbonyl (C=O) groups excluding carboxylic acids is 2. The van der Waals surface area contributed by atoms with E-state index < -0.39 is 11.9 Å². The Morgan fingerprint density at radius 3 is 2.38 bits per heavy atom. The minimum atomic E-state index is -1.05. The van der Waals surface area contributed by atoms with Gasteiger partial charge in [-0.2, -0.15) is 0 Å². The molecule has 1 aliphatic carbocycles. The van der Waals surface area contributed by atoms with Crippen LogP contribution in [0.15, 0.2) is 24.3 Å². The monoisotopic (exact) mass is 291 g/mol. The largest absolute Gasteiger partial charge is 0.387 e. The van der Waals surface area contributed by atoms with Crippen LogP contribution in [-0.2, 0) is 9.59 Å². The van der Waals surface area contributed by atoms with Gasteiger partial charge in [0.2, 0.25) is 11.8 Å². The third-order valence-electron chi connectivity index (χ3n) is 4.52. The molecule has 1 saturated heterocycles. The van der Waals surface area contributed by atoms with Crippen molar-refractivity contribution < 1.29 is 19.1 Å². The van der Waals surface area contributed by atoms with Gasteiger partial charge in [-0.1, -0.05) is 25.0 Å². The summed E-state index contributed by atoms with van der Waals surface area (Å²) in [6.07, 6.45) is 2.40. The van der Waals surface area contributed by atoms with Gasteiger partial charge in [0.15, 0.2) is 0 Å². The Kier molecular flexibility index (Phi) is 3.76. The van der Waals surface area contributed by atoms with Gasteiger partial charge in [0.1, 0.15) is 5.82 Å². The summed E-state index contributed by atoms with van der Waals surface area (Å²) in [6.45, 7) is -0.0892. The Balaban J connectivity index is 1.75. The lowest BCUT2D eigenvalue weighted by molar-refractivity contribution is -0.141. The third-order valence-corrected chi connectivity index (χ3v) is 4.52. The minimum Gasteiger partial charge on any atom is -0.387 e. The number of aliphatic hydroxyl groups is 1. The van der Waals surface area contributed by atoms with E-state index in [0.717, 1.165) is 30.6 Å². The van der Waals surface area contributed by atoms with Crippen molar-refractivity contribution in [1.29, 1.82) is 0 Å². The van der Waals surface area contributed by atoms with E-state index in [-0.39, 0.29) is 30.2 Å². The molecule has 1 aliphatic heterocycles. The number of fused-ring (bicyclic) bond motifs is 1. The highest BCUT2D eigenvalue weighted by molar-refractivity contribution is 6.05. The molecule has 2 amide bonds. The second-order valence-corrected chi connectivity index (χ2v) is 5.86. The molecule has 2 fully saturated rings. The van der Waals surface area contributed by atoms with E-state index in [9.17, 15) is 19.1 Å². The highest BCUT2D eigenvalue weighted by atomic mass is 19.1. The number of β-amino-alcohol motifs (C(OH)–C–C–N with tert-alkyl or cyclic N) is 1. The standard InChI is InChI=1S/C16H18FNO3/c17-11-5-3-4-10(8-11)14(19)9-18-15(20)12-6-1-2-7-13(12)16(18)21/h3-5,8,12-14,19H,1-2,6-7,9H2. The van der Waals surface area contributed by atoms with Crippen molar-refractivity contribution in [3.05, 3.63) is 35.6 Å². The molecular weight excluding hydrogens is 273 g/mol. The average Bonchev–Trinajstić information content (AvgIpc) is 2.73. The van der Waals surface area contributed by atoms with Gasteiger partial charge in [-0.25, -0.2) is 4.39 Å². The van der Waals surface area contributed by atoms with E-state index in [1.807, 2.05) is 0 Å². The molecule has 1 N–H and O–H groups in total. The smallest absolute Gasteiger partial charge is 0.233 e. The van der Waals surface area contributed by atoms with Crippen LogP contribution in [0.3, 0.4) is 0 Å². The van der Waals surface area contributed by atoms with E-state index in [4.69, 9.17) is 0 Å². The molecule has 4 nitrogen and oxygen atoms in total. The summed E-state index contributed by atoms with van der Waals surface area (Å²) in [5.74, 6) is -1.24. The van der Waals surface area contributed by atoms with Crippen molar-refractivity contribution in [3.8, 4) is 0 Å². The van der Waals surface area contributed by atoms with Gasteiger partial charge < -0.3 is 5.11 Å². The fourth-order valence-electron chi connectivity index (χ4n) is 3.40. The summed E-state index contributed by atoms with van der Waals surface area (Å²) in [6, 6.07) is 5.60. The van der Waals surface area contributed by atoms with Gasteiger partial charge >= 0.3 is 0 Å². The maximum absolute atomic E-state index is 13.2. The van der Waals surface area contributed by atoms with Crippen LogP contribution in [0.4, 0.5) is 4.39 Å². The molecule has 3 rings (SSSR count). The van der Waals surface area contributed by atoms with E-state index >= 15 is 0 Å². The van der Waals surface area contributed by atoms with Crippen LogP contribution in [0, 0.1) is 17.7 Å². The molecule has 2 aliphatic rings. The number of hydrogen-bond acceptors (Lipinski definition) is 3. The normalized spacial score (nSPS) is 26.9. The molecule has 0 bridgehead atoms. The Morgan fingerprint density at radius 2 is 1.81 bits per heavy atom. The quantitative estimate of drug-likeness (QED) is 0.867. The summed E-state index contributed by atoms with van der Waals surface area (Å²) in [7, 11) is 0. The van der Waals surface area contributed by atoms with E-state index in [1.165, 1.54) is 18.2 Å². The molecule has 0 spiro atoms. The summed E-state index contributed by atoms with van der Waals surface area (Å²) in [5, 5.41) is 10.2. The molecule has 1 aromatic rings. The van der Waals surface area contributed by atoms with Crippen molar-refractivity contribution in [1.82, 2.24) is 4.90 Å². The molecule has 0 aromatic heterocycles. The molecule has 112 valence electrons. The van der Waals surface area contributed by atoms with Crippen LogP contribution in [-0.4, -0.2) is 28.4 Å². The van der Waals surface area contributed by atoms with Crippen LogP contribution < -0.4 is 0 Å². The van der Waals surface area contributed by atoms with Crippen molar-refractivity contribution in [2.45, 2.75) is 31.8 Å². The Hall–Kier alpha value is -1.75. The Bertz CT molecular complexity index is 550. The van der Waals surface area contributed by atoms with Crippen molar-refractivity contribution in [3.63, 3.8) is 0 Å². The zero-order valence-corrected chi connectivity index (χ0v) is 11.7. The number of likely N-dealkylation sites (tertiary alicyclic amines) is 1. The molecule has 3 atom stereocenters. The first kappa shape index (κ1) is 14.2. The maximum Gasteiger partial charge on any atom is 0.233 e. The first-order valence-corrected chi connectivity index (χ1v) is 7.36. The van der Waals surface area contributed by atoms with Crippen LogP contribution >= 0.6 is 0 Å². The molecule has 21 heavy (non-hydrogen) atoms. The highest BCUT2D eigenvalue weighted by Crippen LogP contribution is 2.38. The van der Waals surface area contributed by atoms with Crippen LogP contribution in [0.2, 0.25) is 0 Å². The molecule has 1 heterocycles. The fourth-order valence-corrected chi connectivity index (χ4v) is 3.40. The molecule has 3 unspecified atom stereocenters. The second-order valence-electron chi connectivity index (χ2n) is 5.86. The lowest BCUT2D eigenvalue weighted by atomic mass is 9.81. The van der Waals surface area contributed by atoms with Crippen molar-refractivity contribution in [2.24, 2.45) is 11.8 Å². The van der Waals surface area contributed by atoms with Gasteiger partial charge in [0, 0.05) is 0 Å². The van der Waals surface area contributed by atoms with Gasteiger partial charge in [-0.3, -0.25) is 14.5 Å². The molecular formula is C16H18FNO3. The third kappa shape index (κ3) is 2.58. The van der Waals surface area contributed by atoms with E-state index in [0.29, 0.717) is 5.56 Å². The lowest BCUT2D eigenvalue weighted by Crippen LogP contribution is -2.35. The first-order valence-electron chi connectivity index (χ1n) is 7.36. The van der Waals surface area contributed by atoms with Crippen molar-refractivity contribution in [2.75, 3.05) is 6.54 Å². The predicted molar refractivity (Wildman–Crippen MR) is 73.5 cm³/mol. The van der Waals surface area contributed by atoms with Gasteiger partial charge in [-0.05, 0) is 30.5 Å². The number of benzene rings is 1. The van der Waals surface area contributed by atoms with E-state index in [1.54, 1.807) is 6.07 Å². The number of amides is 2. The summed E-state index contributed by atoms with van der Waals surface area (Å²) >= 11 is 0. The molecule has 1 saturated carbocycles. The van der Waals surface area contributed by atoms with Gasteiger partial charge in [-0.15, -0.1) is 0 Å². The van der Waals surface area contributed by atoms with Gasteiger partial charge in [0.05, 0.1) is 24.5 Å². The highest BCUT2D eigenvalue weighted by Gasteiger charge is 2.48. The number of aliphatic hydroxyl groups excluding tert-OH is 1. The SMILES string of the molecule is O=C1C2CCCCC2C(=O)N1CC(O)c1cccc(F)c1. The maximum atomic E-state index is 13.2. The average molecular weight is 291 g/mol. The summed E-state index contributed by atoms with van der Waals surface area (Å²) in [5.41, 5.74) is 0.380. The molecule has 5 heteroatoms. The molecule has 1 aromatic carbocycles. The Morgan fingerprint density at radius 1 is 1.19 bits per heavy atom. The van der Waals surface area contributed by atoms with E-state index in [2.05, 4.69) is 0 Å². The fraction of sp³-hybridized carbons (Fsp3) is 0.500. The number of nitrogens with zero attached hydrogens (tertiary/aromatic N) is 1. The Labute approximate surface area is 122 Å². The van der Waals surface area contributed by atoms with Crippen LogP contribution in [0.1, 0.15) is 37.4 Å². The predicted octanol–water partition coefficient (Wildman–Crippen LogP) is 2.03. The summed E-state index contributed by atoms with van der Waals surface area (Å²) in [4.78, 5) is 25.8. The first-order chi connectivity index (χ1) is 10.1. The summed E-state index contributed by atoms with van der Waals surface area (Å²) < 4.78 is 13.2. The topological polar surface area (TPSA) is 57.6 Å². The number of halogens is 1. The number of hydrogen-bond donors (Lipinski definition) is 1. The van der Waals surface area contributed by atoms with Crippen molar-refractivity contribution >= 4 is 11.8 Å². The number of imide groups is 1. The zero-order chi connectivity index (χ0) is 15.0. The second kappa shape index (κ2) is 5.56.